The van der Waals surface area contributed by atoms with Crippen molar-refractivity contribution >= 4 is 39.7 Å². The molecule has 0 bridgehead atoms. The van der Waals surface area contributed by atoms with E-state index >= 15 is 0 Å². The molecule has 1 saturated heterocycles. The Morgan fingerprint density at radius 1 is 1.08 bits per heavy atom. The summed E-state index contributed by atoms with van der Waals surface area (Å²) >= 11 is 1.40. The van der Waals surface area contributed by atoms with Crippen LogP contribution in [0.25, 0.3) is 0 Å². The first-order chi connectivity index (χ1) is 18.5. The maximum Gasteiger partial charge on any atom is 0.274 e. The molecule has 2 aliphatic rings. The number of nitrogens with one attached hydrogen (secondary N) is 2. The number of halogens is 1. The van der Waals surface area contributed by atoms with Crippen molar-refractivity contribution in [3.8, 4) is 0 Å². The molecule has 1 atom stereocenters. The van der Waals surface area contributed by atoms with Gasteiger partial charge < -0.3 is 14.8 Å². The van der Waals surface area contributed by atoms with Crippen molar-refractivity contribution in [2.45, 2.75) is 38.3 Å². The maximum absolute atomic E-state index is 13.5. The van der Waals surface area contributed by atoms with Gasteiger partial charge in [-0.2, -0.15) is 4.39 Å². The Kier molecular flexibility index (Phi) is 6.63. The van der Waals surface area contributed by atoms with E-state index in [0.29, 0.717) is 17.4 Å². The molecule has 38 heavy (non-hydrogen) atoms. The van der Waals surface area contributed by atoms with Crippen molar-refractivity contribution in [3.05, 3.63) is 89.2 Å². The van der Waals surface area contributed by atoms with E-state index in [2.05, 4.69) is 20.5 Å². The third-order valence-corrected chi connectivity index (χ3v) is 7.73. The molecular formula is C28H27FN6O2S. The third-order valence-electron chi connectivity index (χ3n) is 6.96. The molecule has 2 N–H and O–H groups in total. The summed E-state index contributed by atoms with van der Waals surface area (Å²) in [5.41, 5.74) is 4.02. The summed E-state index contributed by atoms with van der Waals surface area (Å²) in [6, 6.07) is 14.7. The van der Waals surface area contributed by atoms with Gasteiger partial charge in [0.1, 0.15) is 5.69 Å². The minimum atomic E-state index is -0.548. The van der Waals surface area contributed by atoms with Gasteiger partial charge in [-0.3, -0.25) is 14.9 Å². The fraction of sp³-hybridized carbons (Fsp3) is 0.286. The number of aromatic nitrogens is 3. The molecule has 0 radical (unpaired) electrons. The van der Waals surface area contributed by atoms with Gasteiger partial charge in [-0.25, -0.2) is 9.97 Å². The van der Waals surface area contributed by atoms with Gasteiger partial charge in [-0.1, -0.05) is 0 Å². The van der Waals surface area contributed by atoms with Crippen molar-refractivity contribution in [3.63, 3.8) is 0 Å². The highest BCUT2D eigenvalue weighted by Crippen LogP contribution is 2.38. The van der Waals surface area contributed by atoms with E-state index in [1.165, 1.54) is 23.6 Å². The number of carbonyl (C=O) groups is 2. The van der Waals surface area contributed by atoms with Crippen LogP contribution in [-0.2, 0) is 11.3 Å². The minimum absolute atomic E-state index is 0.104. The molecular weight excluding hydrogens is 503 g/mol. The molecule has 4 aromatic rings. The van der Waals surface area contributed by atoms with Crippen molar-refractivity contribution < 1.29 is 14.0 Å². The van der Waals surface area contributed by atoms with Gasteiger partial charge in [-0.05, 0) is 79.8 Å². The van der Waals surface area contributed by atoms with Gasteiger partial charge in [0, 0.05) is 48.2 Å². The normalized spacial score (nSPS) is 17.0. The zero-order valence-corrected chi connectivity index (χ0v) is 21.5. The lowest BCUT2D eigenvalue weighted by Gasteiger charge is -2.26. The van der Waals surface area contributed by atoms with Crippen molar-refractivity contribution in [1.82, 2.24) is 14.5 Å². The summed E-state index contributed by atoms with van der Waals surface area (Å²) in [4.78, 5) is 35.7. The number of carbonyl (C=O) groups excluding carboxylic acids is 2. The third kappa shape index (κ3) is 5.31. The average Bonchev–Trinajstić information content (AvgIpc) is 3.25. The van der Waals surface area contributed by atoms with Gasteiger partial charge >= 0.3 is 0 Å². The summed E-state index contributed by atoms with van der Waals surface area (Å²) in [5, 5.41) is 8.45. The largest absolute Gasteiger partial charge is 0.363 e. The predicted octanol–water partition coefficient (Wildman–Crippen LogP) is 5.47. The Morgan fingerprint density at radius 3 is 2.71 bits per heavy atom. The monoisotopic (exact) mass is 530 g/mol. The van der Waals surface area contributed by atoms with Crippen LogP contribution in [0.1, 0.15) is 53.5 Å². The molecule has 1 aromatic carbocycles. The van der Waals surface area contributed by atoms with Crippen LogP contribution in [0, 0.1) is 11.9 Å². The van der Waals surface area contributed by atoms with Crippen LogP contribution < -0.4 is 15.5 Å². The van der Waals surface area contributed by atoms with Gasteiger partial charge in [-0.15, -0.1) is 11.3 Å². The number of rotatable bonds is 8. The van der Waals surface area contributed by atoms with Gasteiger partial charge in [0.25, 0.3) is 5.91 Å². The summed E-state index contributed by atoms with van der Waals surface area (Å²) in [5.74, 6) is -0.537. The Labute approximate surface area is 223 Å². The van der Waals surface area contributed by atoms with Crippen molar-refractivity contribution in [2.75, 3.05) is 22.1 Å². The van der Waals surface area contributed by atoms with Crippen LogP contribution in [0.15, 0.2) is 66.3 Å². The second-order valence-corrected chi connectivity index (χ2v) is 10.6. The highest BCUT2D eigenvalue weighted by molar-refractivity contribution is 7.14. The summed E-state index contributed by atoms with van der Waals surface area (Å²) in [6.07, 6.45) is 7.19. The highest BCUT2D eigenvalue weighted by Gasteiger charge is 2.30. The zero-order valence-electron chi connectivity index (χ0n) is 20.6. The molecule has 0 unspecified atom stereocenters. The lowest BCUT2D eigenvalue weighted by Crippen LogP contribution is -2.23. The maximum atomic E-state index is 13.5. The molecule has 1 aliphatic carbocycles. The molecule has 6 rings (SSSR count). The molecule has 0 spiro atoms. The lowest BCUT2D eigenvalue weighted by molar-refractivity contribution is -0.117. The van der Waals surface area contributed by atoms with E-state index in [9.17, 15) is 14.0 Å². The Balaban J connectivity index is 1.11. The molecule has 10 heteroatoms. The molecule has 4 heterocycles. The molecule has 1 saturated carbocycles. The van der Waals surface area contributed by atoms with Gasteiger partial charge in [0.2, 0.25) is 11.9 Å². The van der Waals surface area contributed by atoms with E-state index in [4.69, 9.17) is 4.98 Å². The SMILES string of the molecule is O=C(Nc1nc([C@H]2CCCN2c2ccc(NC(=O)C3CC3)cc2)cs1)c1cccn1Cc1ccnc(F)c1. The second kappa shape index (κ2) is 10.4. The Morgan fingerprint density at radius 2 is 1.92 bits per heavy atom. The number of benzene rings is 1. The smallest absolute Gasteiger partial charge is 0.274 e. The van der Waals surface area contributed by atoms with E-state index in [0.717, 1.165) is 54.9 Å². The van der Waals surface area contributed by atoms with E-state index < -0.39 is 5.95 Å². The van der Waals surface area contributed by atoms with Crippen LogP contribution >= 0.6 is 11.3 Å². The Hall–Kier alpha value is -4.05. The Bertz CT molecular complexity index is 1460. The molecule has 194 valence electrons. The fourth-order valence-electron chi connectivity index (χ4n) is 4.86. The van der Waals surface area contributed by atoms with E-state index in [1.54, 1.807) is 29.0 Å². The highest BCUT2D eigenvalue weighted by atomic mass is 32.1. The van der Waals surface area contributed by atoms with Gasteiger partial charge in [0.05, 0.1) is 11.7 Å². The first kappa shape index (κ1) is 24.3. The summed E-state index contributed by atoms with van der Waals surface area (Å²) in [6.45, 7) is 1.28. The van der Waals surface area contributed by atoms with Crippen LogP contribution in [0.4, 0.5) is 20.9 Å². The van der Waals surface area contributed by atoms with Crippen LogP contribution in [-0.4, -0.2) is 32.9 Å². The van der Waals surface area contributed by atoms with Gasteiger partial charge in [0.15, 0.2) is 5.13 Å². The number of anilines is 3. The number of hydrogen-bond donors (Lipinski definition) is 2. The van der Waals surface area contributed by atoms with Crippen LogP contribution in [0.5, 0.6) is 0 Å². The second-order valence-electron chi connectivity index (χ2n) is 9.70. The van der Waals surface area contributed by atoms with Crippen LogP contribution in [0.2, 0.25) is 0 Å². The molecule has 1 aliphatic heterocycles. The van der Waals surface area contributed by atoms with E-state index in [1.807, 2.05) is 29.6 Å². The van der Waals surface area contributed by atoms with E-state index in [-0.39, 0.29) is 23.8 Å². The summed E-state index contributed by atoms with van der Waals surface area (Å²) < 4.78 is 15.2. The summed E-state index contributed by atoms with van der Waals surface area (Å²) in [7, 11) is 0. The number of hydrogen-bond acceptors (Lipinski definition) is 6. The standard InChI is InChI=1S/C28H27FN6O2S/c29-25-15-18(11-12-30-25)16-34-13-1-4-24(34)27(37)33-28-32-22(17-38-28)23-3-2-14-35(23)21-9-7-20(8-10-21)31-26(36)19-5-6-19/h1,4,7-13,15,17,19,23H,2-3,5-6,14,16H2,(H,31,36)(H,32,33,37)/t23-/m1/s1. The van der Waals surface area contributed by atoms with Crippen molar-refractivity contribution in [2.24, 2.45) is 5.92 Å². The number of amides is 2. The predicted molar refractivity (Wildman–Crippen MR) is 145 cm³/mol. The number of pyridine rings is 1. The molecule has 8 nitrogen and oxygen atoms in total. The molecule has 2 fully saturated rings. The zero-order chi connectivity index (χ0) is 26.1. The molecule has 3 aromatic heterocycles. The number of thiazole rings is 1. The first-order valence-corrected chi connectivity index (χ1v) is 13.6. The average molecular weight is 531 g/mol. The van der Waals surface area contributed by atoms with Crippen LogP contribution in [0.3, 0.4) is 0 Å². The topological polar surface area (TPSA) is 92.2 Å². The first-order valence-electron chi connectivity index (χ1n) is 12.7. The quantitative estimate of drug-likeness (QED) is 0.295. The van der Waals surface area contributed by atoms with Crippen molar-refractivity contribution in [1.29, 1.82) is 0 Å². The molecule has 2 amide bonds. The lowest BCUT2D eigenvalue weighted by atomic mass is 10.1. The fourth-order valence-corrected chi connectivity index (χ4v) is 5.61. The minimum Gasteiger partial charge on any atom is -0.363 e. The number of nitrogens with zero attached hydrogens (tertiary/aromatic N) is 4.